The molecule has 39 heavy (non-hydrogen) atoms. The Balaban J connectivity index is 1.58. The van der Waals surface area contributed by atoms with Gasteiger partial charge in [-0.1, -0.05) is 17.7 Å². The molecule has 1 atom stereocenters. The van der Waals surface area contributed by atoms with Crippen molar-refractivity contribution in [3.63, 3.8) is 0 Å². The Labute approximate surface area is 226 Å². The number of aromatic nitrogens is 3. The first-order chi connectivity index (χ1) is 18.3. The first-order valence-electron chi connectivity index (χ1n) is 11.8. The van der Waals surface area contributed by atoms with E-state index in [2.05, 4.69) is 4.98 Å². The van der Waals surface area contributed by atoms with Crippen molar-refractivity contribution < 1.29 is 28.1 Å². The number of nitrogens with zero attached hydrogens (tertiary/aromatic N) is 4. The van der Waals surface area contributed by atoms with Gasteiger partial charge >= 0.3 is 5.69 Å². The van der Waals surface area contributed by atoms with E-state index < -0.39 is 30.4 Å². The molecule has 8 nitrogen and oxygen atoms in total. The Bertz CT molecular complexity index is 1630. The number of imidazole rings is 1. The van der Waals surface area contributed by atoms with Crippen LogP contribution in [0.3, 0.4) is 0 Å². The molecule has 1 unspecified atom stereocenters. The molecular formula is C27H24ClF3N4O4. The second kappa shape index (κ2) is 9.35. The monoisotopic (exact) mass is 560 g/mol. The number of benzene rings is 2. The Kier molecular flexibility index (Phi) is 6.39. The van der Waals surface area contributed by atoms with Gasteiger partial charge in [0.1, 0.15) is 22.9 Å². The number of aromatic hydroxyl groups is 1. The topological polar surface area (TPSA) is 92.8 Å². The largest absolute Gasteiger partial charge is 0.507 e. The number of hydrogen-bond donors (Lipinski definition) is 2. The van der Waals surface area contributed by atoms with Crippen LogP contribution in [0, 0.1) is 5.82 Å². The number of anilines is 1. The summed E-state index contributed by atoms with van der Waals surface area (Å²) in [7, 11) is 2.93. The highest BCUT2D eigenvalue weighted by Gasteiger charge is 2.57. The molecule has 0 amide bonds. The van der Waals surface area contributed by atoms with E-state index >= 15 is 0 Å². The van der Waals surface area contributed by atoms with Crippen molar-refractivity contribution in [1.82, 2.24) is 14.1 Å². The molecular weight excluding hydrogens is 537 g/mol. The van der Waals surface area contributed by atoms with Crippen LogP contribution < -0.4 is 15.3 Å². The number of aryl methyl sites for hydroxylation is 1. The minimum Gasteiger partial charge on any atom is -0.507 e. The van der Waals surface area contributed by atoms with Crippen LogP contribution in [-0.2, 0) is 7.05 Å². The van der Waals surface area contributed by atoms with Crippen LogP contribution >= 0.6 is 11.6 Å². The molecule has 204 valence electrons. The highest BCUT2D eigenvalue weighted by molar-refractivity contribution is 6.32. The Morgan fingerprint density at radius 3 is 2.31 bits per heavy atom. The molecule has 1 fully saturated rings. The third kappa shape index (κ3) is 4.51. The molecule has 0 saturated carbocycles. The number of rotatable bonds is 5. The molecule has 0 aliphatic carbocycles. The van der Waals surface area contributed by atoms with E-state index in [1.165, 1.54) is 39.5 Å². The number of halogens is 4. The van der Waals surface area contributed by atoms with Gasteiger partial charge in [0, 0.05) is 42.3 Å². The number of β-amino-alcohol motifs (C(OH)–C–C–N with tert-alkyl or cyclic N) is 1. The minimum atomic E-state index is -3.39. The highest BCUT2D eigenvalue weighted by atomic mass is 35.5. The second-order valence-corrected chi connectivity index (χ2v) is 10.1. The molecule has 1 aliphatic heterocycles. The fourth-order valence-corrected chi connectivity index (χ4v) is 4.92. The number of phenols is 1. The molecule has 2 aromatic carbocycles. The van der Waals surface area contributed by atoms with Crippen molar-refractivity contribution in [3.8, 4) is 39.6 Å². The molecule has 2 aromatic heterocycles. The fraction of sp³-hybridized carbons (Fsp3) is 0.259. The molecule has 4 aromatic rings. The van der Waals surface area contributed by atoms with E-state index in [1.807, 2.05) is 0 Å². The van der Waals surface area contributed by atoms with Gasteiger partial charge in [-0.25, -0.2) is 22.9 Å². The number of aliphatic hydroxyl groups is 1. The summed E-state index contributed by atoms with van der Waals surface area (Å²) >= 11 is 6.46. The first kappa shape index (κ1) is 26.6. The number of methoxy groups -OCH3 is 1. The normalized spacial score (nSPS) is 18.5. The quantitative estimate of drug-likeness (QED) is 0.370. The Morgan fingerprint density at radius 1 is 1.05 bits per heavy atom. The Hall–Kier alpha value is -3.96. The third-order valence-corrected chi connectivity index (χ3v) is 7.20. The number of hydrogen-bond acceptors (Lipinski definition) is 6. The number of alkyl halides is 2. The smallest absolute Gasteiger partial charge is 0.332 e. The SMILES string of the molecule is COc1ncc(-c2cc(F)cc(-c3ccc(-n4ccn(C)c4=O)c(Cl)c3)c2O)cc1N1CC(C)(O)C(F)(F)C1. The summed E-state index contributed by atoms with van der Waals surface area (Å²) in [6.07, 6.45) is 4.47. The van der Waals surface area contributed by atoms with Crippen molar-refractivity contribution >= 4 is 17.3 Å². The van der Waals surface area contributed by atoms with Gasteiger partial charge in [0.05, 0.1) is 30.9 Å². The Morgan fingerprint density at radius 2 is 1.74 bits per heavy atom. The average molecular weight is 561 g/mol. The predicted molar refractivity (Wildman–Crippen MR) is 141 cm³/mol. The maximum absolute atomic E-state index is 14.8. The van der Waals surface area contributed by atoms with E-state index in [0.29, 0.717) is 11.3 Å². The molecule has 1 saturated heterocycles. The number of pyridine rings is 1. The fourth-order valence-electron chi connectivity index (χ4n) is 4.65. The summed E-state index contributed by atoms with van der Waals surface area (Å²) in [6, 6.07) is 8.34. The second-order valence-electron chi connectivity index (χ2n) is 9.66. The van der Waals surface area contributed by atoms with Gasteiger partial charge in [-0.3, -0.25) is 4.57 Å². The zero-order valence-electron chi connectivity index (χ0n) is 21.1. The molecule has 2 N–H and O–H groups in total. The van der Waals surface area contributed by atoms with Gasteiger partial charge in [-0.2, -0.15) is 0 Å². The molecule has 5 rings (SSSR count). The molecule has 0 spiro atoms. The summed E-state index contributed by atoms with van der Waals surface area (Å²) in [5.74, 6) is -4.33. The van der Waals surface area contributed by atoms with E-state index in [9.17, 15) is 28.2 Å². The predicted octanol–water partition coefficient (Wildman–Crippen LogP) is 4.62. The zero-order valence-corrected chi connectivity index (χ0v) is 21.9. The molecule has 1 aliphatic rings. The number of ether oxygens (including phenoxy) is 1. The maximum Gasteiger partial charge on any atom is 0.332 e. The van der Waals surface area contributed by atoms with Crippen LogP contribution in [0.2, 0.25) is 5.02 Å². The summed E-state index contributed by atoms with van der Waals surface area (Å²) in [5, 5.41) is 21.6. The van der Waals surface area contributed by atoms with Crippen molar-refractivity contribution in [2.75, 3.05) is 25.1 Å². The summed E-state index contributed by atoms with van der Waals surface area (Å²) in [5.41, 5.74) is -1.24. The van der Waals surface area contributed by atoms with Gasteiger partial charge in [0.15, 0.2) is 0 Å². The standard InChI is InChI=1S/C27H24ClF3N4O4/c1-26(38)13-34(14-27(26,30)31)22-9-16(12-32-24(22)39-3)19-11-17(29)10-18(23(19)36)15-4-5-21(20(28)8-15)35-7-6-33(2)25(35)37/h4-12,36,38H,13-14H2,1-3H3. The van der Waals surface area contributed by atoms with Gasteiger partial charge in [-0.05, 0) is 42.8 Å². The third-order valence-electron chi connectivity index (χ3n) is 6.89. The lowest BCUT2D eigenvalue weighted by Gasteiger charge is -2.23. The van der Waals surface area contributed by atoms with Gasteiger partial charge in [-0.15, -0.1) is 0 Å². The summed E-state index contributed by atoms with van der Waals surface area (Å²) < 4.78 is 51.6. The number of phenolic OH excluding ortho intramolecular Hbond substituents is 1. The van der Waals surface area contributed by atoms with Crippen molar-refractivity contribution in [2.24, 2.45) is 7.05 Å². The summed E-state index contributed by atoms with van der Waals surface area (Å²) in [4.78, 5) is 17.7. The van der Waals surface area contributed by atoms with E-state index in [4.69, 9.17) is 16.3 Å². The molecule has 0 radical (unpaired) electrons. The van der Waals surface area contributed by atoms with Crippen LogP contribution in [-0.4, -0.2) is 56.1 Å². The van der Waals surface area contributed by atoms with Gasteiger partial charge in [0.2, 0.25) is 5.88 Å². The van der Waals surface area contributed by atoms with Crippen molar-refractivity contribution in [1.29, 1.82) is 0 Å². The molecule has 12 heteroatoms. The van der Waals surface area contributed by atoms with Crippen LogP contribution in [0.4, 0.5) is 18.9 Å². The summed E-state index contributed by atoms with van der Waals surface area (Å²) in [6.45, 7) is -0.125. The van der Waals surface area contributed by atoms with E-state index in [1.54, 1.807) is 31.6 Å². The average Bonchev–Trinajstić information content (AvgIpc) is 3.32. The lowest BCUT2D eigenvalue weighted by Crippen LogP contribution is -2.43. The molecule has 3 heterocycles. The van der Waals surface area contributed by atoms with Gasteiger partial charge in [0.25, 0.3) is 5.92 Å². The maximum atomic E-state index is 14.8. The van der Waals surface area contributed by atoms with Gasteiger partial charge < -0.3 is 24.4 Å². The van der Waals surface area contributed by atoms with E-state index in [-0.39, 0.29) is 44.7 Å². The minimum absolute atomic E-state index is 0.0295. The highest BCUT2D eigenvalue weighted by Crippen LogP contribution is 2.44. The van der Waals surface area contributed by atoms with Crippen LogP contribution in [0.5, 0.6) is 11.6 Å². The van der Waals surface area contributed by atoms with Crippen molar-refractivity contribution in [2.45, 2.75) is 18.4 Å². The molecule has 0 bridgehead atoms. The van der Waals surface area contributed by atoms with Crippen LogP contribution in [0.1, 0.15) is 6.92 Å². The first-order valence-corrected chi connectivity index (χ1v) is 12.2. The van der Waals surface area contributed by atoms with Crippen molar-refractivity contribution in [3.05, 3.63) is 76.3 Å². The van der Waals surface area contributed by atoms with E-state index in [0.717, 1.165) is 19.1 Å². The lowest BCUT2D eigenvalue weighted by molar-refractivity contribution is -0.134. The van der Waals surface area contributed by atoms with Crippen LogP contribution in [0.25, 0.3) is 27.9 Å². The zero-order chi connectivity index (χ0) is 28.3. The lowest BCUT2D eigenvalue weighted by atomic mass is 9.97. The van der Waals surface area contributed by atoms with Crippen LogP contribution in [0.15, 0.2) is 59.8 Å².